The first-order valence-corrected chi connectivity index (χ1v) is 3.97. The fraction of sp³-hybridized carbons (Fsp3) is 0.125. The van der Waals surface area contributed by atoms with Crippen molar-refractivity contribution in [1.82, 2.24) is 9.97 Å². The van der Waals surface area contributed by atoms with Crippen LogP contribution in [0.25, 0.3) is 11.0 Å². The van der Waals surface area contributed by atoms with Gasteiger partial charge in [0.2, 0.25) is 0 Å². The Morgan fingerprint density at radius 1 is 1.36 bits per heavy atom. The highest BCUT2D eigenvalue weighted by Crippen LogP contribution is 2.33. The van der Waals surface area contributed by atoms with Gasteiger partial charge in [-0.05, 0) is 6.07 Å². The number of hydrogen-bond donors (Lipinski definition) is 4. The zero-order chi connectivity index (χ0) is 10.3. The fourth-order valence-electron chi connectivity index (χ4n) is 1.44. The van der Waals surface area contributed by atoms with Gasteiger partial charge in [0.1, 0.15) is 5.69 Å². The van der Waals surface area contributed by atoms with Crippen molar-refractivity contribution in [2.24, 2.45) is 0 Å². The van der Waals surface area contributed by atoms with Crippen LogP contribution in [0.4, 0.5) is 11.4 Å². The number of aromatic nitrogens is 2. The molecular weight excluding hydrogens is 184 g/mol. The summed E-state index contributed by atoms with van der Waals surface area (Å²) >= 11 is 0. The normalized spacial score (nSPS) is 10.6. The monoisotopic (exact) mass is 194 g/mol. The van der Waals surface area contributed by atoms with Gasteiger partial charge in [-0.15, -0.1) is 0 Å². The first-order chi connectivity index (χ1) is 6.63. The van der Waals surface area contributed by atoms with E-state index in [2.05, 4.69) is 9.97 Å². The van der Waals surface area contributed by atoms with Crippen molar-refractivity contribution in [3.8, 4) is 5.75 Å². The van der Waals surface area contributed by atoms with E-state index >= 15 is 0 Å². The number of imidazole rings is 1. The molecule has 0 saturated carbocycles. The number of nitrogens with one attached hydrogen (secondary N) is 2. The molecule has 0 fully saturated rings. The van der Waals surface area contributed by atoms with E-state index in [1.54, 1.807) is 6.07 Å². The van der Waals surface area contributed by atoms with Crippen molar-refractivity contribution < 1.29 is 4.74 Å². The Morgan fingerprint density at radius 3 is 2.71 bits per heavy atom. The molecule has 0 aliphatic heterocycles. The minimum atomic E-state index is -0.320. The summed E-state index contributed by atoms with van der Waals surface area (Å²) in [5.41, 5.74) is 12.9. The number of benzene rings is 1. The molecule has 74 valence electrons. The molecule has 0 bridgehead atoms. The second-order valence-electron chi connectivity index (χ2n) is 2.91. The van der Waals surface area contributed by atoms with Crippen molar-refractivity contribution in [3.63, 3.8) is 0 Å². The third kappa shape index (κ3) is 1.00. The third-order valence-electron chi connectivity index (χ3n) is 2.04. The Labute approximate surface area is 78.9 Å². The second-order valence-corrected chi connectivity index (χ2v) is 2.91. The number of nitrogen functional groups attached to an aromatic ring is 2. The number of fused-ring (bicyclic) bond motifs is 1. The maximum atomic E-state index is 11.0. The van der Waals surface area contributed by atoms with E-state index in [1.165, 1.54) is 7.11 Å². The van der Waals surface area contributed by atoms with Gasteiger partial charge in [0.25, 0.3) is 0 Å². The van der Waals surface area contributed by atoms with Crippen LogP contribution in [-0.4, -0.2) is 17.1 Å². The zero-order valence-electron chi connectivity index (χ0n) is 7.55. The first-order valence-electron chi connectivity index (χ1n) is 3.97. The SMILES string of the molecule is COc1c(N)cc2[nH]c(=O)[nH]c2c1N. The quantitative estimate of drug-likeness (QED) is 0.480. The largest absolute Gasteiger partial charge is 0.492 e. The number of hydrogen-bond acceptors (Lipinski definition) is 4. The van der Waals surface area contributed by atoms with Gasteiger partial charge < -0.3 is 26.2 Å². The first kappa shape index (κ1) is 8.49. The Hall–Kier alpha value is -2.11. The third-order valence-corrected chi connectivity index (χ3v) is 2.04. The molecule has 0 saturated heterocycles. The van der Waals surface area contributed by atoms with Crippen molar-refractivity contribution in [3.05, 3.63) is 16.6 Å². The van der Waals surface area contributed by atoms with Crippen LogP contribution in [-0.2, 0) is 0 Å². The number of ether oxygens (including phenoxy) is 1. The van der Waals surface area contributed by atoms with Crippen molar-refractivity contribution in [2.45, 2.75) is 0 Å². The average molecular weight is 194 g/mol. The summed E-state index contributed by atoms with van der Waals surface area (Å²) in [5.74, 6) is 0.382. The minimum absolute atomic E-state index is 0.320. The Morgan fingerprint density at radius 2 is 2.07 bits per heavy atom. The molecule has 0 amide bonds. The summed E-state index contributed by atoms with van der Waals surface area (Å²) in [6, 6.07) is 1.60. The number of nitrogens with two attached hydrogens (primary N) is 2. The highest BCUT2D eigenvalue weighted by molar-refractivity contribution is 5.95. The number of methoxy groups -OCH3 is 1. The molecule has 1 heterocycles. The Bertz CT molecular complexity index is 540. The lowest BCUT2D eigenvalue weighted by atomic mass is 10.2. The van der Waals surface area contributed by atoms with Crippen LogP contribution in [0.3, 0.4) is 0 Å². The molecule has 0 aliphatic carbocycles. The molecule has 0 spiro atoms. The number of H-pyrrole nitrogens is 2. The Balaban J connectivity index is 2.91. The highest BCUT2D eigenvalue weighted by Gasteiger charge is 2.11. The fourth-order valence-corrected chi connectivity index (χ4v) is 1.44. The standard InChI is InChI=1S/C8H10N4O2/c1-14-7-3(9)2-4-6(5(7)10)12-8(13)11-4/h2H,9-10H2,1H3,(H2,11,12,13). The smallest absolute Gasteiger partial charge is 0.323 e. The van der Waals surface area contributed by atoms with Gasteiger partial charge in [-0.1, -0.05) is 0 Å². The van der Waals surface area contributed by atoms with E-state index in [0.717, 1.165) is 0 Å². The summed E-state index contributed by atoms with van der Waals surface area (Å²) in [6.45, 7) is 0. The van der Waals surface area contributed by atoms with Crippen LogP contribution in [0.2, 0.25) is 0 Å². The van der Waals surface area contributed by atoms with Crippen molar-refractivity contribution in [1.29, 1.82) is 0 Å². The molecule has 2 aromatic rings. The van der Waals surface area contributed by atoms with Crippen LogP contribution in [0.5, 0.6) is 5.75 Å². The maximum absolute atomic E-state index is 11.0. The summed E-state index contributed by atoms with van der Waals surface area (Å²) < 4.78 is 5.01. The van der Waals surface area contributed by atoms with Gasteiger partial charge in [0.05, 0.1) is 23.8 Å². The maximum Gasteiger partial charge on any atom is 0.323 e. The molecule has 0 unspecified atom stereocenters. The van der Waals surface area contributed by atoms with Crippen LogP contribution in [0, 0.1) is 0 Å². The van der Waals surface area contributed by atoms with Crippen LogP contribution in [0.1, 0.15) is 0 Å². The van der Waals surface area contributed by atoms with Crippen LogP contribution in [0.15, 0.2) is 10.9 Å². The van der Waals surface area contributed by atoms with E-state index in [9.17, 15) is 4.79 Å². The van der Waals surface area contributed by atoms with Crippen LogP contribution >= 0.6 is 0 Å². The molecule has 0 aliphatic rings. The molecule has 1 aromatic heterocycles. The minimum Gasteiger partial charge on any atom is -0.492 e. The average Bonchev–Trinajstić information content (AvgIpc) is 2.47. The van der Waals surface area contributed by atoms with Gasteiger partial charge in [0.15, 0.2) is 5.75 Å². The van der Waals surface area contributed by atoms with Gasteiger partial charge in [0, 0.05) is 0 Å². The zero-order valence-corrected chi connectivity index (χ0v) is 7.55. The molecule has 6 heteroatoms. The summed E-state index contributed by atoms with van der Waals surface area (Å²) in [4.78, 5) is 16.1. The predicted molar refractivity (Wildman–Crippen MR) is 54.3 cm³/mol. The lowest BCUT2D eigenvalue weighted by Gasteiger charge is -2.07. The van der Waals surface area contributed by atoms with Crippen molar-refractivity contribution in [2.75, 3.05) is 18.6 Å². The van der Waals surface area contributed by atoms with Gasteiger partial charge in [-0.25, -0.2) is 4.79 Å². The second kappa shape index (κ2) is 2.69. The molecule has 0 radical (unpaired) electrons. The molecule has 2 rings (SSSR count). The summed E-state index contributed by atoms with van der Waals surface area (Å²) in [5, 5.41) is 0. The van der Waals surface area contributed by atoms with Gasteiger partial charge >= 0.3 is 5.69 Å². The molecular formula is C8H10N4O2. The predicted octanol–water partition coefficient (Wildman–Crippen LogP) is 0.0292. The summed E-state index contributed by atoms with van der Waals surface area (Å²) in [7, 11) is 1.47. The molecule has 0 atom stereocenters. The molecule has 1 aromatic carbocycles. The summed E-state index contributed by atoms with van der Waals surface area (Å²) in [6.07, 6.45) is 0. The number of anilines is 2. The van der Waals surface area contributed by atoms with E-state index in [4.69, 9.17) is 16.2 Å². The van der Waals surface area contributed by atoms with Crippen LogP contribution < -0.4 is 21.9 Å². The molecule has 6 nitrogen and oxygen atoms in total. The van der Waals surface area contributed by atoms with E-state index in [0.29, 0.717) is 28.2 Å². The van der Waals surface area contributed by atoms with E-state index < -0.39 is 0 Å². The lowest BCUT2D eigenvalue weighted by Crippen LogP contribution is -2.00. The lowest BCUT2D eigenvalue weighted by molar-refractivity contribution is 0.419. The molecule has 14 heavy (non-hydrogen) atoms. The van der Waals surface area contributed by atoms with Crippen molar-refractivity contribution >= 4 is 22.4 Å². The number of rotatable bonds is 1. The van der Waals surface area contributed by atoms with Gasteiger partial charge in [-0.3, -0.25) is 0 Å². The van der Waals surface area contributed by atoms with E-state index in [-0.39, 0.29) is 5.69 Å². The van der Waals surface area contributed by atoms with Gasteiger partial charge in [-0.2, -0.15) is 0 Å². The van der Waals surface area contributed by atoms with E-state index in [1.807, 2.05) is 0 Å². The Kier molecular flexibility index (Phi) is 1.63. The number of aromatic amines is 2. The molecule has 6 N–H and O–H groups in total. The highest BCUT2D eigenvalue weighted by atomic mass is 16.5. The topological polar surface area (TPSA) is 110 Å².